The van der Waals surface area contributed by atoms with Gasteiger partial charge in [0.15, 0.2) is 0 Å². The van der Waals surface area contributed by atoms with E-state index in [-0.39, 0.29) is 6.42 Å². The Morgan fingerprint density at radius 3 is 2.38 bits per heavy atom. The van der Waals surface area contributed by atoms with Crippen LogP contribution in [0.1, 0.15) is 5.56 Å². The van der Waals surface area contributed by atoms with Crippen LogP contribution in [0.5, 0.6) is 0 Å². The first-order valence-electron chi connectivity index (χ1n) is 6.98. The van der Waals surface area contributed by atoms with Crippen LogP contribution in [0.3, 0.4) is 0 Å². The smallest absolute Gasteiger partial charge is 0.407 e. The van der Waals surface area contributed by atoms with Crippen molar-refractivity contribution >= 4 is 20.1 Å². The maximum atomic E-state index is 11.7. The Morgan fingerprint density at radius 2 is 1.86 bits per heavy atom. The minimum absolute atomic E-state index is 0.235. The zero-order valence-corrected chi connectivity index (χ0v) is 13.8. The summed E-state index contributed by atoms with van der Waals surface area (Å²) in [4.78, 5) is 22.9. The van der Waals surface area contributed by atoms with Gasteiger partial charge in [-0.3, -0.25) is 0 Å². The lowest BCUT2D eigenvalue weighted by Crippen LogP contribution is -2.42. The van der Waals surface area contributed by atoms with E-state index in [2.05, 4.69) is 25.0 Å². The fraction of sp³-hybridized carbons (Fsp3) is 0.467. The molecule has 1 amide bonds. The van der Waals surface area contributed by atoms with Gasteiger partial charge in [-0.05, 0) is 11.6 Å². The predicted molar refractivity (Wildman–Crippen MR) is 84.2 cm³/mol. The van der Waals surface area contributed by atoms with Crippen molar-refractivity contribution in [2.75, 3.05) is 6.61 Å². The summed E-state index contributed by atoms with van der Waals surface area (Å²) < 4.78 is 5.06. The summed E-state index contributed by atoms with van der Waals surface area (Å²) >= 11 is 0. The Hall–Kier alpha value is -1.82. The van der Waals surface area contributed by atoms with E-state index in [1.165, 1.54) is 0 Å². The standard InChI is InChI=1S/C15H23NO4Si/c1-21(2,3)10-9-20-15(19)16-13(14(17)18)11-12-7-5-4-6-8-12/h4-8,13H,9-11H2,1-3H3,(H,16,19)(H,17,18). The van der Waals surface area contributed by atoms with Gasteiger partial charge in [-0.15, -0.1) is 0 Å². The van der Waals surface area contributed by atoms with E-state index in [9.17, 15) is 14.7 Å². The fourth-order valence-electron chi connectivity index (χ4n) is 1.68. The molecule has 0 spiro atoms. The molecule has 2 N–H and O–H groups in total. The number of aliphatic carboxylic acids is 1. The number of hydrogen-bond donors (Lipinski definition) is 2. The van der Waals surface area contributed by atoms with Gasteiger partial charge in [0.05, 0.1) is 6.61 Å². The van der Waals surface area contributed by atoms with E-state index >= 15 is 0 Å². The van der Waals surface area contributed by atoms with E-state index in [4.69, 9.17) is 4.74 Å². The molecule has 0 aromatic heterocycles. The van der Waals surface area contributed by atoms with E-state index in [0.29, 0.717) is 6.61 Å². The van der Waals surface area contributed by atoms with E-state index in [1.807, 2.05) is 30.3 Å². The second-order valence-electron chi connectivity index (χ2n) is 6.17. The van der Waals surface area contributed by atoms with Crippen LogP contribution in [0.2, 0.25) is 25.7 Å². The van der Waals surface area contributed by atoms with Gasteiger partial charge >= 0.3 is 12.1 Å². The van der Waals surface area contributed by atoms with Gasteiger partial charge in [-0.1, -0.05) is 50.0 Å². The maximum Gasteiger partial charge on any atom is 0.407 e. The van der Waals surface area contributed by atoms with Crippen LogP contribution in [0.4, 0.5) is 4.79 Å². The molecule has 0 fully saturated rings. The summed E-state index contributed by atoms with van der Waals surface area (Å²) in [5.41, 5.74) is 0.854. The molecule has 1 rings (SSSR count). The van der Waals surface area contributed by atoms with Gasteiger partial charge in [0.1, 0.15) is 6.04 Å². The Kier molecular flexibility index (Phi) is 6.42. The Labute approximate surface area is 126 Å². The lowest BCUT2D eigenvalue weighted by molar-refractivity contribution is -0.139. The highest BCUT2D eigenvalue weighted by atomic mass is 28.3. The lowest BCUT2D eigenvalue weighted by atomic mass is 10.1. The first kappa shape index (κ1) is 17.2. The number of carboxylic acids is 1. The van der Waals surface area contributed by atoms with Gasteiger partial charge in [0, 0.05) is 14.5 Å². The quantitative estimate of drug-likeness (QED) is 0.759. The summed E-state index contributed by atoms with van der Waals surface area (Å²) in [5.74, 6) is -1.07. The van der Waals surface area contributed by atoms with Crippen molar-refractivity contribution < 1.29 is 19.4 Å². The fourth-order valence-corrected chi connectivity index (χ4v) is 2.40. The molecule has 116 valence electrons. The van der Waals surface area contributed by atoms with Crippen molar-refractivity contribution in [1.82, 2.24) is 5.32 Å². The molecule has 1 aromatic rings. The third-order valence-corrected chi connectivity index (χ3v) is 4.66. The zero-order chi connectivity index (χ0) is 15.9. The molecular weight excluding hydrogens is 286 g/mol. The van der Waals surface area contributed by atoms with Crippen LogP contribution in [0, 0.1) is 0 Å². The average molecular weight is 309 g/mol. The molecule has 1 atom stereocenters. The third-order valence-electron chi connectivity index (χ3n) is 2.96. The minimum atomic E-state index is -1.27. The van der Waals surface area contributed by atoms with Gasteiger partial charge in [0.25, 0.3) is 0 Å². The molecule has 0 radical (unpaired) electrons. The second-order valence-corrected chi connectivity index (χ2v) is 11.8. The van der Waals surface area contributed by atoms with Crippen LogP contribution >= 0.6 is 0 Å². The van der Waals surface area contributed by atoms with Crippen molar-refractivity contribution in [3.8, 4) is 0 Å². The number of benzene rings is 1. The second kappa shape index (κ2) is 7.83. The first-order chi connectivity index (χ1) is 9.78. The minimum Gasteiger partial charge on any atom is -0.480 e. The van der Waals surface area contributed by atoms with Gasteiger partial charge < -0.3 is 15.2 Å². The largest absolute Gasteiger partial charge is 0.480 e. The van der Waals surface area contributed by atoms with Crippen molar-refractivity contribution in [3.63, 3.8) is 0 Å². The zero-order valence-electron chi connectivity index (χ0n) is 12.8. The molecule has 0 saturated carbocycles. The summed E-state index contributed by atoms with van der Waals surface area (Å²) in [6.45, 7) is 6.89. The molecule has 0 bridgehead atoms. The highest BCUT2D eigenvalue weighted by molar-refractivity contribution is 6.76. The summed E-state index contributed by atoms with van der Waals surface area (Å²) in [5, 5.41) is 11.6. The number of carbonyl (C=O) groups is 2. The molecule has 1 unspecified atom stereocenters. The molecule has 0 aliphatic carbocycles. The Bertz CT molecular complexity index is 470. The summed E-state index contributed by atoms with van der Waals surface area (Å²) in [6.07, 6.45) is -0.434. The van der Waals surface area contributed by atoms with Crippen LogP contribution in [0.15, 0.2) is 30.3 Å². The number of alkyl carbamates (subject to hydrolysis) is 1. The maximum absolute atomic E-state index is 11.7. The average Bonchev–Trinajstić information content (AvgIpc) is 2.37. The number of rotatable bonds is 7. The van der Waals surface area contributed by atoms with Crippen molar-refractivity contribution in [2.45, 2.75) is 38.1 Å². The topological polar surface area (TPSA) is 75.6 Å². The van der Waals surface area contributed by atoms with Gasteiger partial charge in [0.2, 0.25) is 0 Å². The van der Waals surface area contributed by atoms with E-state index in [1.54, 1.807) is 0 Å². The monoisotopic (exact) mass is 309 g/mol. The molecule has 5 nitrogen and oxygen atoms in total. The number of amides is 1. The molecule has 0 aliphatic rings. The summed E-state index contributed by atoms with van der Waals surface area (Å²) in [7, 11) is -1.27. The number of carboxylic acid groups (broad SMARTS) is 1. The molecule has 0 heterocycles. The lowest BCUT2D eigenvalue weighted by Gasteiger charge is -2.17. The van der Waals surface area contributed by atoms with E-state index in [0.717, 1.165) is 11.6 Å². The van der Waals surface area contributed by atoms with Crippen LogP contribution in [0.25, 0.3) is 0 Å². The molecule has 21 heavy (non-hydrogen) atoms. The van der Waals surface area contributed by atoms with Gasteiger partial charge in [-0.2, -0.15) is 0 Å². The molecule has 0 saturated heterocycles. The van der Waals surface area contributed by atoms with Crippen LogP contribution in [-0.4, -0.2) is 37.9 Å². The van der Waals surface area contributed by atoms with Crippen molar-refractivity contribution in [2.24, 2.45) is 0 Å². The van der Waals surface area contributed by atoms with Crippen LogP contribution < -0.4 is 5.32 Å². The summed E-state index contributed by atoms with van der Waals surface area (Å²) in [6, 6.07) is 9.06. The highest BCUT2D eigenvalue weighted by Gasteiger charge is 2.21. The molecular formula is C15H23NO4Si. The van der Waals surface area contributed by atoms with Crippen molar-refractivity contribution in [1.29, 1.82) is 0 Å². The normalized spacial score (nSPS) is 12.5. The van der Waals surface area contributed by atoms with E-state index < -0.39 is 26.2 Å². The molecule has 1 aromatic carbocycles. The van der Waals surface area contributed by atoms with Crippen molar-refractivity contribution in [3.05, 3.63) is 35.9 Å². The number of ether oxygens (including phenoxy) is 1. The molecule has 0 aliphatic heterocycles. The van der Waals surface area contributed by atoms with Crippen LogP contribution in [-0.2, 0) is 16.0 Å². The molecule has 6 heteroatoms. The third kappa shape index (κ3) is 7.50. The number of hydrogen-bond acceptors (Lipinski definition) is 3. The SMILES string of the molecule is C[Si](C)(C)CCOC(=O)NC(Cc1ccccc1)C(=O)O. The number of carbonyl (C=O) groups excluding carboxylic acids is 1. The van der Waals surface area contributed by atoms with Gasteiger partial charge in [-0.25, -0.2) is 9.59 Å². The predicted octanol–water partition coefficient (Wildman–Crippen LogP) is 2.75. The first-order valence-corrected chi connectivity index (χ1v) is 10.7. The Morgan fingerprint density at radius 1 is 1.24 bits per heavy atom. The highest BCUT2D eigenvalue weighted by Crippen LogP contribution is 2.08. The number of nitrogens with one attached hydrogen (secondary N) is 1. The Balaban J connectivity index is 2.47.